The lowest BCUT2D eigenvalue weighted by Crippen LogP contribution is -2.03. The number of ether oxygens (including phenoxy) is 1. The Labute approximate surface area is 130 Å². The summed E-state index contributed by atoms with van der Waals surface area (Å²) in [5.74, 6) is 1.79. The highest BCUT2D eigenvalue weighted by molar-refractivity contribution is 5.82. The molecule has 0 amide bonds. The lowest BCUT2D eigenvalue weighted by molar-refractivity contribution is 0.340. The second kappa shape index (κ2) is 5.72. The summed E-state index contributed by atoms with van der Waals surface area (Å²) < 4.78 is 7.82. The summed E-state index contributed by atoms with van der Waals surface area (Å²) in [6, 6.07) is 14.2. The van der Waals surface area contributed by atoms with Crippen LogP contribution in [0.1, 0.15) is 26.8 Å². The highest BCUT2D eigenvalue weighted by atomic mass is 16.5. The maximum Gasteiger partial charge on any atom is 0.141 e. The molecule has 114 valence electrons. The van der Waals surface area contributed by atoms with Crippen molar-refractivity contribution >= 4 is 16.7 Å². The summed E-state index contributed by atoms with van der Waals surface area (Å²) in [6.07, 6.45) is 0. The van der Waals surface area contributed by atoms with E-state index in [0.29, 0.717) is 12.6 Å². The van der Waals surface area contributed by atoms with E-state index < -0.39 is 0 Å². The van der Waals surface area contributed by atoms with E-state index in [1.54, 1.807) is 0 Å². The fourth-order valence-electron chi connectivity index (χ4n) is 2.74. The van der Waals surface area contributed by atoms with Gasteiger partial charge in [-0.15, -0.1) is 0 Å². The molecule has 2 aromatic carbocycles. The molecular formula is C18H21N3O. The van der Waals surface area contributed by atoms with Gasteiger partial charge >= 0.3 is 0 Å². The zero-order valence-corrected chi connectivity index (χ0v) is 13.2. The van der Waals surface area contributed by atoms with Crippen LogP contribution in [-0.4, -0.2) is 16.2 Å². The molecule has 1 heterocycles. The molecule has 3 aromatic rings. The van der Waals surface area contributed by atoms with Crippen molar-refractivity contribution in [3.63, 3.8) is 0 Å². The summed E-state index contributed by atoms with van der Waals surface area (Å²) in [7, 11) is 0. The number of benzene rings is 2. The second-order valence-electron chi connectivity index (χ2n) is 5.61. The van der Waals surface area contributed by atoms with Gasteiger partial charge in [0.05, 0.1) is 17.6 Å². The van der Waals surface area contributed by atoms with Gasteiger partial charge in [0.2, 0.25) is 0 Å². The van der Waals surface area contributed by atoms with Gasteiger partial charge in [0, 0.05) is 23.4 Å². The largest absolute Gasteiger partial charge is 0.494 e. The van der Waals surface area contributed by atoms with Crippen LogP contribution in [0.15, 0.2) is 42.5 Å². The standard InChI is InChI=1S/C18H21N3O/c1-4-22-15-8-9-17-16(11-15)20-18(21(17)12(2)3)13-6-5-7-14(19)10-13/h5-12H,4,19H2,1-3H3. The van der Waals surface area contributed by atoms with Gasteiger partial charge in [-0.1, -0.05) is 12.1 Å². The van der Waals surface area contributed by atoms with Crippen LogP contribution in [0, 0.1) is 0 Å². The molecule has 22 heavy (non-hydrogen) atoms. The molecule has 0 bridgehead atoms. The SMILES string of the molecule is CCOc1ccc2c(c1)nc(-c1cccc(N)c1)n2C(C)C. The quantitative estimate of drug-likeness (QED) is 0.731. The number of fused-ring (bicyclic) bond motifs is 1. The lowest BCUT2D eigenvalue weighted by atomic mass is 10.2. The maximum absolute atomic E-state index is 5.92. The van der Waals surface area contributed by atoms with Crippen LogP contribution in [0.2, 0.25) is 0 Å². The van der Waals surface area contributed by atoms with Gasteiger partial charge in [-0.25, -0.2) is 4.98 Å². The van der Waals surface area contributed by atoms with Gasteiger partial charge in [0.1, 0.15) is 11.6 Å². The van der Waals surface area contributed by atoms with Crippen molar-refractivity contribution in [1.82, 2.24) is 9.55 Å². The van der Waals surface area contributed by atoms with Gasteiger partial charge < -0.3 is 15.0 Å². The molecule has 0 saturated heterocycles. The predicted molar refractivity (Wildman–Crippen MR) is 91.1 cm³/mol. The number of hydrogen-bond donors (Lipinski definition) is 1. The van der Waals surface area contributed by atoms with E-state index in [1.165, 1.54) is 0 Å². The summed E-state index contributed by atoms with van der Waals surface area (Å²) in [6.45, 7) is 6.95. The van der Waals surface area contributed by atoms with Gasteiger partial charge in [0.15, 0.2) is 0 Å². The maximum atomic E-state index is 5.92. The molecule has 0 saturated carbocycles. The van der Waals surface area contributed by atoms with E-state index in [2.05, 4.69) is 24.5 Å². The number of aromatic nitrogens is 2. The average molecular weight is 295 g/mol. The zero-order valence-electron chi connectivity index (χ0n) is 13.2. The number of imidazole rings is 1. The molecule has 0 aliphatic heterocycles. The van der Waals surface area contributed by atoms with Crippen LogP contribution in [0.5, 0.6) is 5.75 Å². The molecule has 4 nitrogen and oxygen atoms in total. The van der Waals surface area contributed by atoms with E-state index in [4.69, 9.17) is 15.5 Å². The topological polar surface area (TPSA) is 53.1 Å². The minimum atomic E-state index is 0.305. The number of nitrogens with two attached hydrogens (primary N) is 1. The molecule has 0 atom stereocenters. The highest BCUT2D eigenvalue weighted by Crippen LogP contribution is 2.31. The Morgan fingerprint density at radius 2 is 2.00 bits per heavy atom. The first-order valence-electron chi connectivity index (χ1n) is 7.61. The minimum absolute atomic E-state index is 0.305. The highest BCUT2D eigenvalue weighted by Gasteiger charge is 2.15. The Balaban J connectivity index is 2.22. The van der Waals surface area contributed by atoms with E-state index in [9.17, 15) is 0 Å². The van der Waals surface area contributed by atoms with E-state index in [-0.39, 0.29) is 0 Å². The molecule has 0 unspecified atom stereocenters. The molecule has 0 spiro atoms. The first-order valence-corrected chi connectivity index (χ1v) is 7.61. The molecule has 0 aliphatic carbocycles. The monoisotopic (exact) mass is 295 g/mol. The summed E-state index contributed by atoms with van der Waals surface area (Å²) >= 11 is 0. The Kier molecular flexibility index (Phi) is 3.75. The number of rotatable bonds is 4. The Bertz CT molecular complexity index is 805. The van der Waals surface area contributed by atoms with Crippen LogP contribution in [0.3, 0.4) is 0 Å². The van der Waals surface area contributed by atoms with Crippen LogP contribution >= 0.6 is 0 Å². The van der Waals surface area contributed by atoms with Crippen molar-refractivity contribution in [1.29, 1.82) is 0 Å². The normalized spacial score (nSPS) is 11.3. The van der Waals surface area contributed by atoms with Crippen molar-refractivity contribution < 1.29 is 4.74 Å². The summed E-state index contributed by atoms with van der Waals surface area (Å²) in [5, 5.41) is 0. The molecule has 0 fully saturated rings. The minimum Gasteiger partial charge on any atom is -0.494 e. The van der Waals surface area contributed by atoms with Crippen molar-refractivity contribution in [3.05, 3.63) is 42.5 Å². The third-order valence-electron chi connectivity index (χ3n) is 3.63. The van der Waals surface area contributed by atoms with E-state index in [1.807, 2.05) is 43.3 Å². The fraction of sp³-hybridized carbons (Fsp3) is 0.278. The van der Waals surface area contributed by atoms with Gasteiger partial charge in [0.25, 0.3) is 0 Å². The Morgan fingerprint density at radius 3 is 2.68 bits per heavy atom. The number of anilines is 1. The first-order chi connectivity index (χ1) is 10.6. The Morgan fingerprint density at radius 1 is 1.18 bits per heavy atom. The molecule has 0 radical (unpaired) electrons. The smallest absolute Gasteiger partial charge is 0.141 e. The van der Waals surface area contributed by atoms with Crippen molar-refractivity contribution in [2.45, 2.75) is 26.8 Å². The zero-order chi connectivity index (χ0) is 15.7. The molecule has 1 aromatic heterocycles. The predicted octanol–water partition coefficient (Wildman–Crippen LogP) is 4.27. The van der Waals surface area contributed by atoms with Crippen molar-refractivity contribution in [3.8, 4) is 17.1 Å². The third kappa shape index (κ3) is 2.52. The van der Waals surface area contributed by atoms with Crippen molar-refractivity contribution in [2.24, 2.45) is 0 Å². The summed E-state index contributed by atoms with van der Waals surface area (Å²) in [4.78, 5) is 4.82. The van der Waals surface area contributed by atoms with Crippen LogP contribution in [0.25, 0.3) is 22.4 Å². The van der Waals surface area contributed by atoms with Crippen LogP contribution in [0.4, 0.5) is 5.69 Å². The van der Waals surface area contributed by atoms with Crippen molar-refractivity contribution in [2.75, 3.05) is 12.3 Å². The average Bonchev–Trinajstić information content (AvgIpc) is 2.86. The van der Waals surface area contributed by atoms with Gasteiger partial charge in [-0.05, 0) is 45.0 Å². The van der Waals surface area contributed by atoms with Crippen LogP contribution in [-0.2, 0) is 0 Å². The number of nitrogens with zero attached hydrogens (tertiary/aromatic N) is 2. The lowest BCUT2D eigenvalue weighted by Gasteiger charge is -2.13. The Hall–Kier alpha value is -2.49. The number of hydrogen-bond acceptors (Lipinski definition) is 3. The summed E-state index contributed by atoms with van der Waals surface area (Å²) in [5.41, 5.74) is 9.75. The molecule has 2 N–H and O–H groups in total. The number of nitrogen functional groups attached to an aromatic ring is 1. The van der Waals surface area contributed by atoms with E-state index >= 15 is 0 Å². The molecule has 4 heteroatoms. The van der Waals surface area contributed by atoms with Crippen LogP contribution < -0.4 is 10.5 Å². The molecule has 0 aliphatic rings. The van der Waals surface area contributed by atoms with Gasteiger partial charge in [-0.3, -0.25) is 0 Å². The first kappa shape index (κ1) is 14.4. The van der Waals surface area contributed by atoms with E-state index in [0.717, 1.165) is 33.9 Å². The van der Waals surface area contributed by atoms with Gasteiger partial charge in [-0.2, -0.15) is 0 Å². The molecule has 3 rings (SSSR count). The third-order valence-corrected chi connectivity index (χ3v) is 3.63. The molecular weight excluding hydrogens is 274 g/mol. The fourth-order valence-corrected chi connectivity index (χ4v) is 2.74. The second-order valence-corrected chi connectivity index (χ2v) is 5.61.